The van der Waals surface area contributed by atoms with Gasteiger partial charge in [0.15, 0.2) is 0 Å². The van der Waals surface area contributed by atoms with E-state index < -0.39 is 58.9 Å². The number of halogens is 10. The molecule has 7 N–H and O–H groups in total. The quantitative estimate of drug-likeness (QED) is 0.0458. The van der Waals surface area contributed by atoms with Crippen molar-refractivity contribution >= 4 is 51.9 Å². The lowest BCUT2D eigenvalue weighted by Crippen LogP contribution is -2.62. The fourth-order valence-corrected chi connectivity index (χ4v) is 21.3. The van der Waals surface area contributed by atoms with Crippen molar-refractivity contribution in [1.82, 2.24) is 66.2 Å². The van der Waals surface area contributed by atoms with Crippen molar-refractivity contribution in [3.63, 3.8) is 0 Å². The van der Waals surface area contributed by atoms with Gasteiger partial charge in [0, 0.05) is 233 Å². The summed E-state index contributed by atoms with van der Waals surface area (Å²) >= 11 is 5.77. The first kappa shape index (κ1) is 101. The number of nitrogens with one attached hydrogen (secondary N) is 6. The summed E-state index contributed by atoms with van der Waals surface area (Å²) in [5.41, 5.74) is 3.92. The first-order valence-electron chi connectivity index (χ1n) is 45.2. The topological polar surface area (TPSA) is 241 Å². The number of nitrogens with zero attached hydrogens (tertiary/aromatic N) is 8. The third-order valence-electron chi connectivity index (χ3n) is 26.5. The molecule has 0 bridgehead atoms. The van der Waals surface area contributed by atoms with Gasteiger partial charge in [0.1, 0.15) is 11.3 Å². The van der Waals surface area contributed by atoms with E-state index in [9.17, 15) is 73.0 Å². The van der Waals surface area contributed by atoms with Crippen LogP contribution in [-0.2, 0) is 54.4 Å². The van der Waals surface area contributed by atoms with Crippen molar-refractivity contribution in [2.24, 2.45) is 5.92 Å². The predicted octanol–water partition coefficient (Wildman–Crippen LogP) is 13.3. The molecule has 6 saturated heterocycles. The van der Waals surface area contributed by atoms with Gasteiger partial charge in [-0.2, -0.15) is 44.8 Å². The molecule has 0 spiro atoms. The highest BCUT2D eigenvalue weighted by Crippen LogP contribution is 2.40. The average molecular weight is 1790 g/mol. The number of amides is 3. The molecule has 4 aromatic rings. The Morgan fingerprint density at radius 1 is 0.419 bits per heavy atom. The molecule has 3 atom stereocenters. The molecule has 11 aliphatic rings. The number of Topliss-reactive ketones (excluding diaryl/α,β-unsaturated/α-hetero) is 1. The van der Waals surface area contributed by atoms with Crippen LogP contribution in [0.25, 0.3) is 0 Å². The zero-order valence-electron chi connectivity index (χ0n) is 72.3. The van der Waals surface area contributed by atoms with E-state index >= 15 is 0 Å². The van der Waals surface area contributed by atoms with Gasteiger partial charge in [-0.15, -0.1) is 0 Å². The molecule has 5 aliphatic carbocycles. The van der Waals surface area contributed by atoms with Crippen molar-refractivity contribution < 1.29 is 72.8 Å². The first-order valence-corrected chi connectivity index (χ1v) is 47.1. The van der Waals surface area contributed by atoms with E-state index in [1.165, 1.54) is 55.5 Å². The van der Waals surface area contributed by atoms with E-state index in [-0.39, 0.29) is 53.5 Å². The standard InChI is InChI=1S/C20H28F3N3O.C18H25N3.2C13H22F3N3O.C11H11ClO3S.C11H16N2.C6H10O/c21-20(22,23)18(27)24-16-19(9-5-2-6-10-19)26-13-11-25(12-14-26)15-17-7-3-1-4-8-17;19-16-18(9-5-2-6-10-18)21-13-11-20(12-14-21)15-17-7-3-1-4-8-17;2*14-13(15,16)11(20)18-10-12(4-2-1-3-5-12)19-8-6-17-7-9-19;12-8-3-1-7(2-4-8)9-5-16(15)6-10(9)11(13)14;1-2-4-11(5-3-1)10-13-8-6-12-7-9-13;7-6-4-2-1-3-5-6/h1,3-4,7-8H,2,5-6,9-16H2,(H,24,27);1,3-4,7-8H,2,5-6,9-15H2;2*17H,1-10H2,(H,18,20);1-4,9-10H,5-6H2,(H,13,14);1-5,12H,6-10H2;1-5H2/t;;;;9-,10+,16?;;/m....0../s1. The minimum Gasteiger partial charge on any atom is -0.481 e. The van der Waals surface area contributed by atoms with Gasteiger partial charge in [-0.25, -0.2) is 0 Å². The number of ketones is 1. The molecule has 690 valence electrons. The molecule has 6 aliphatic heterocycles. The summed E-state index contributed by atoms with van der Waals surface area (Å²) in [5, 5.41) is 35.6. The Labute approximate surface area is 735 Å². The summed E-state index contributed by atoms with van der Waals surface area (Å²) in [5.74, 6) is -5.89. The second-order valence-electron chi connectivity index (χ2n) is 35.1. The van der Waals surface area contributed by atoms with Crippen LogP contribution < -0.4 is 31.9 Å². The Kier molecular flexibility index (Phi) is 41.5. The zero-order chi connectivity index (χ0) is 88.9. The Hall–Kier alpha value is -6.67. The maximum atomic E-state index is 12.6. The number of carboxylic acid groups (broad SMARTS) is 1. The number of benzene rings is 4. The van der Waals surface area contributed by atoms with Gasteiger partial charge in [0.2, 0.25) is 0 Å². The van der Waals surface area contributed by atoms with Gasteiger partial charge in [0.25, 0.3) is 0 Å². The van der Waals surface area contributed by atoms with Crippen LogP contribution in [-0.4, -0.2) is 276 Å². The SMILES string of the molecule is N#CC1(N2CCN(Cc3ccccc3)CC2)CCCCC1.O=C(NCC1(N2CCN(Cc3ccccc3)CC2)CCCCC1)C(F)(F)F.O=C(NCC1(N2CCNCC2)CCCCC1)C(F)(F)F.O=C(NCC1(N2CCNCC2)CCCCC1)C(F)(F)F.O=C(O)[C@@H]1CS(=O)C[C@H]1c1ccc(Cl)cc1.O=C1CCCCC1.c1ccc(CN2CCNCC2)cc1. The van der Waals surface area contributed by atoms with Gasteiger partial charge in [-0.05, 0) is 98.6 Å². The summed E-state index contributed by atoms with van der Waals surface area (Å²) < 4.78 is 123. The summed E-state index contributed by atoms with van der Waals surface area (Å²) in [6.45, 7) is 22.4. The maximum absolute atomic E-state index is 12.6. The molecule has 0 radical (unpaired) electrons. The van der Waals surface area contributed by atoms with Crippen molar-refractivity contribution in [1.29, 1.82) is 5.26 Å². The van der Waals surface area contributed by atoms with Gasteiger partial charge in [-0.3, -0.25) is 62.5 Å². The minimum atomic E-state index is -4.82. The number of piperazine rings is 5. The number of nitriles is 1. The van der Waals surface area contributed by atoms with Crippen LogP contribution in [0, 0.1) is 17.2 Å². The van der Waals surface area contributed by atoms with Crippen LogP contribution in [0.5, 0.6) is 0 Å². The molecule has 21 nitrogen and oxygen atoms in total. The molecule has 5 saturated carbocycles. The van der Waals surface area contributed by atoms with E-state index in [4.69, 9.17) is 16.7 Å². The second kappa shape index (κ2) is 50.9. The molecular formula is C92H134ClF9N14O7S. The number of carbonyl (C=O) groups is 5. The highest BCUT2D eigenvalue weighted by molar-refractivity contribution is 7.85. The number of rotatable bonds is 18. The Morgan fingerprint density at radius 3 is 1.04 bits per heavy atom. The van der Waals surface area contributed by atoms with Crippen molar-refractivity contribution in [3.05, 3.63) is 143 Å². The number of hydrogen-bond donors (Lipinski definition) is 7. The normalized spacial score (nSPS) is 23.6. The summed E-state index contributed by atoms with van der Waals surface area (Å²) in [6, 6.07) is 41.4. The molecule has 3 amide bonds. The molecular weight excluding hydrogens is 1650 g/mol. The molecule has 4 aromatic carbocycles. The predicted molar refractivity (Wildman–Crippen MR) is 467 cm³/mol. The average Bonchev–Trinajstić information content (AvgIpc) is 1.37. The molecule has 0 aromatic heterocycles. The number of aliphatic carboxylic acids is 1. The monoisotopic (exact) mass is 1780 g/mol. The third-order valence-corrected chi connectivity index (χ3v) is 28.3. The van der Waals surface area contributed by atoms with Crippen LogP contribution in [0.15, 0.2) is 115 Å². The van der Waals surface area contributed by atoms with Crippen LogP contribution in [0.3, 0.4) is 0 Å². The van der Waals surface area contributed by atoms with E-state index in [2.05, 4.69) is 145 Å². The van der Waals surface area contributed by atoms with Crippen molar-refractivity contribution in [2.75, 3.05) is 162 Å². The molecule has 1 unspecified atom stereocenters. The van der Waals surface area contributed by atoms with E-state index in [1.807, 2.05) is 30.3 Å². The largest absolute Gasteiger partial charge is 0.481 e. The van der Waals surface area contributed by atoms with E-state index in [0.717, 1.165) is 278 Å². The molecule has 11 fully saturated rings. The van der Waals surface area contributed by atoms with Gasteiger partial charge < -0.3 is 37.0 Å². The fourth-order valence-electron chi connectivity index (χ4n) is 19.4. The smallest absolute Gasteiger partial charge is 0.471 e. The summed E-state index contributed by atoms with van der Waals surface area (Å²) in [7, 11) is -1.02. The Bertz CT molecular complexity index is 3780. The fraction of sp³-hybridized carbons (Fsp3) is 0.674. The van der Waals surface area contributed by atoms with Crippen molar-refractivity contribution in [3.8, 4) is 6.07 Å². The van der Waals surface area contributed by atoms with Crippen LogP contribution in [0.4, 0.5) is 39.5 Å². The number of hydrogen-bond acceptors (Lipinski definition) is 17. The highest BCUT2D eigenvalue weighted by Gasteiger charge is 2.48. The Morgan fingerprint density at radius 2 is 0.726 bits per heavy atom. The van der Waals surface area contributed by atoms with Gasteiger partial charge >= 0.3 is 42.2 Å². The molecule has 32 heteroatoms. The van der Waals surface area contributed by atoms with E-state index in [1.54, 1.807) is 12.1 Å². The van der Waals surface area contributed by atoms with Crippen molar-refractivity contribution in [2.45, 2.75) is 227 Å². The number of alkyl halides is 9. The van der Waals surface area contributed by atoms with Crippen LogP contribution in [0.2, 0.25) is 5.02 Å². The Balaban J connectivity index is 0.000000168. The van der Waals surface area contributed by atoms with Crippen LogP contribution >= 0.6 is 11.6 Å². The lowest BCUT2D eigenvalue weighted by Gasteiger charge is -2.50. The van der Waals surface area contributed by atoms with E-state index in [0.29, 0.717) is 16.6 Å². The molecule has 6 heterocycles. The molecule has 15 rings (SSSR count). The first-order chi connectivity index (χ1) is 59.5. The second-order valence-corrected chi connectivity index (χ2v) is 37.0. The van der Waals surface area contributed by atoms with Gasteiger partial charge in [0.05, 0.1) is 12.0 Å². The van der Waals surface area contributed by atoms with Crippen LogP contribution in [0.1, 0.15) is 189 Å². The minimum absolute atomic E-state index is 0.0873. The highest BCUT2D eigenvalue weighted by atomic mass is 35.5. The lowest BCUT2D eigenvalue weighted by molar-refractivity contribution is -0.174. The number of carboxylic acids is 1. The lowest BCUT2D eigenvalue weighted by atomic mass is 9.79. The number of carbonyl (C=O) groups excluding carboxylic acids is 4. The summed E-state index contributed by atoms with van der Waals surface area (Å²) in [4.78, 5) is 71.7. The summed E-state index contributed by atoms with van der Waals surface area (Å²) in [6.07, 6.45) is 11.3. The molecule has 124 heavy (non-hydrogen) atoms. The third kappa shape index (κ3) is 32.8. The van der Waals surface area contributed by atoms with Gasteiger partial charge in [-0.1, -0.05) is 198 Å². The zero-order valence-corrected chi connectivity index (χ0v) is 73.8. The maximum Gasteiger partial charge on any atom is 0.471 e.